The van der Waals surface area contributed by atoms with Crippen LogP contribution in [0.4, 0.5) is 10.1 Å². The number of carbonyl (C=O) groups is 1. The normalized spacial score (nSPS) is 15.8. The van der Waals surface area contributed by atoms with Gasteiger partial charge >= 0.3 is 5.97 Å². The van der Waals surface area contributed by atoms with Crippen LogP contribution in [-0.2, 0) is 9.53 Å². The van der Waals surface area contributed by atoms with Gasteiger partial charge in [0.25, 0.3) is 0 Å². The van der Waals surface area contributed by atoms with Gasteiger partial charge in [0, 0.05) is 31.9 Å². The van der Waals surface area contributed by atoms with Gasteiger partial charge in [-0.1, -0.05) is 0 Å². The molecule has 1 aliphatic heterocycles. The molecule has 0 spiro atoms. The van der Waals surface area contributed by atoms with Crippen molar-refractivity contribution in [1.29, 1.82) is 0 Å². The summed E-state index contributed by atoms with van der Waals surface area (Å²) in [5.41, 5.74) is 7.00. The van der Waals surface area contributed by atoms with Gasteiger partial charge < -0.3 is 20.3 Å². The highest BCUT2D eigenvalue weighted by Crippen LogP contribution is 2.16. The Morgan fingerprint density at radius 3 is 2.46 bits per heavy atom. The van der Waals surface area contributed by atoms with Crippen molar-refractivity contribution in [3.8, 4) is 0 Å². The van der Waals surface area contributed by atoms with E-state index in [9.17, 15) is 9.18 Å². The van der Waals surface area contributed by atoms with E-state index in [1.165, 1.54) is 12.1 Å². The van der Waals surface area contributed by atoms with E-state index in [2.05, 4.69) is 9.89 Å². The van der Waals surface area contributed by atoms with Gasteiger partial charge in [-0.3, -0.25) is 9.79 Å². The van der Waals surface area contributed by atoms with E-state index in [1.54, 1.807) is 12.1 Å². The highest BCUT2D eigenvalue weighted by molar-refractivity contribution is 5.79. The molecule has 1 aromatic carbocycles. The minimum absolute atomic E-state index is 0.113. The third kappa shape index (κ3) is 5.40. The Bertz CT molecular complexity index is 566. The zero-order chi connectivity index (χ0) is 17.5. The van der Waals surface area contributed by atoms with Crippen LogP contribution in [0.2, 0.25) is 0 Å². The van der Waals surface area contributed by atoms with Crippen LogP contribution >= 0.6 is 0 Å². The molecule has 1 aliphatic rings. The van der Waals surface area contributed by atoms with E-state index in [-0.39, 0.29) is 24.3 Å². The maximum atomic E-state index is 13.0. The second kappa shape index (κ2) is 8.52. The van der Waals surface area contributed by atoms with Crippen molar-refractivity contribution in [2.24, 2.45) is 10.7 Å². The number of carbonyl (C=O) groups excluding carboxylic acids is 1. The second-order valence-corrected chi connectivity index (χ2v) is 5.98. The molecule has 2 rings (SSSR count). The van der Waals surface area contributed by atoms with Crippen molar-refractivity contribution in [3.63, 3.8) is 0 Å². The monoisotopic (exact) mass is 336 g/mol. The summed E-state index contributed by atoms with van der Waals surface area (Å²) in [6.07, 6.45) is 0.118. The number of hydrogen-bond acceptors (Lipinski definition) is 4. The van der Waals surface area contributed by atoms with Gasteiger partial charge in [-0.2, -0.15) is 0 Å². The molecule has 132 valence electrons. The van der Waals surface area contributed by atoms with E-state index in [4.69, 9.17) is 10.5 Å². The SMILES string of the molecule is CC(C)OC(=O)CCN=C(N)N1CCN(c2ccc(F)cc2)CC1. The summed E-state index contributed by atoms with van der Waals surface area (Å²) < 4.78 is 18.0. The average molecular weight is 336 g/mol. The zero-order valence-corrected chi connectivity index (χ0v) is 14.2. The first-order chi connectivity index (χ1) is 11.5. The highest BCUT2D eigenvalue weighted by atomic mass is 19.1. The third-order valence-corrected chi connectivity index (χ3v) is 3.75. The van der Waals surface area contributed by atoms with Gasteiger partial charge in [-0.15, -0.1) is 0 Å². The van der Waals surface area contributed by atoms with E-state index in [0.717, 1.165) is 31.9 Å². The minimum Gasteiger partial charge on any atom is -0.463 e. The van der Waals surface area contributed by atoms with Crippen LogP contribution in [0.1, 0.15) is 20.3 Å². The van der Waals surface area contributed by atoms with Crippen LogP contribution in [0.5, 0.6) is 0 Å². The fourth-order valence-electron chi connectivity index (χ4n) is 2.53. The summed E-state index contributed by atoms with van der Waals surface area (Å²) in [5, 5.41) is 0. The lowest BCUT2D eigenvalue weighted by Gasteiger charge is -2.36. The van der Waals surface area contributed by atoms with Crippen molar-refractivity contribution < 1.29 is 13.9 Å². The molecule has 0 unspecified atom stereocenters. The molecule has 7 heteroatoms. The molecule has 0 aliphatic carbocycles. The van der Waals surface area contributed by atoms with Crippen LogP contribution in [0.3, 0.4) is 0 Å². The number of piperazine rings is 1. The number of nitrogens with two attached hydrogens (primary N) is 1. The molecular formula is C17H25FN4O2. The second-order valence-electron chi connectivity index (χ2n) is 5.98. The standard InChI is InChI=1S/C17H25FN4O2/c1-13(2)24-16(23)7-8-20-17(19)22-11-9-21(10-12-22)15-5-3-14(18)4-6-15/h3-6,13H,7-12H2,1-2H3,(H2,19,20). The number of guanidine groups is 1. The van der Waals surface area contributed by atoms with Crippen molar-refractivity contribution in [1.82, 2.24) is 4.90 Å². The summed E-state index contributed by atoms with van der Waals surface area (Å²) in [7, 11) is 0. The topological polar surface area (TPSA) is 71.2 Å². The summed E-state index contributed by atoms with van der Waals surface area (Å²) in [6, 6.07) is 6.49. The number of anilines is 1. The zero-order valence-electron chi connectivity index (χ0n) is 14.2. The quantitative estimate of drug-likeness (QED) is 0.502. The largest absolute Gasteiger partial charge is 0.463 e. The van der Waals surface area contributed by atoms with Crippen molar-refractivity contribution in [3.05, 3.63) is 30.1 Å². The van der Waals surface area contributed by atoms with Crippen molar-refractivity contribution >= 4 is 17.6 Å². The molecule has 2 N–H and O–H groups in total. The lowest BCUT2D eigenvalue weighted by molar-refractivity contribution is -0.147. The third-order valence-electron chi connectivity index (χ3n) is 3.75. The van der Waals surface area contributed by atoms with E-state index >= 15 is 0 Å². The summed E-state index contributed by atoms with van der Waals surface area (Å²) >= 11 is 0. The number of nitrogens with zero attached hydrogens (tertiary/aromatic N) is 3. The van der Waals surface area contributed by atoms with Gasteiger partial charge in [0.15, 0.2) is 5.96 Å². The molecule has 0 saturated carbocycles. The number of ether oxygens (including phenoxy) is 1. The molecule has 0 amide bonds. The van der Waals surface area contributed by atoms with E-state index in [1.807, 2.05) is 18.7 Å². The lowest BCUT2D eigenvalue weighted by atomic mass is 10.2. The van der Waals surface area contributed by atoms with Crippen LogP contribution < -0.4 is 10.6 Å². The summed E-state index contributed by atoms with van der Waals surface area (Å²) in [5.74, 6) is -0.0430. The molecule has 1 heterocycles. The average Bonchev–Trinajstić information content (AvgIpc) is 2.55. The minimum atomic E-state index is -0.261. The maximum absolute atomic E-state index is 13.0. The number of esters is 1. The molecule has 0 radical (unpaired) electrons. The van der Waals surface area contributed by atoms with Gasteiger partial charge in [-0.25, -0.2) is 4.39 Å². The maximum Gasteiger partial charge on any atom is 0.307 e. The Balaban J connectivity index is 1.77. The van der Waals surface area contributed by atoms with Crippen molar-refractivity contribution in [2.75, 3.05) is 37.6 Å². The van der Waals surface area contributed by atoms with Gasteiger partial charge in [-0.05, 0) is 38.1 Å². The van der Waals surface area contributed by atoms with Crippen LogP contribution in [-0.4, -0.2) is 55.7 Å². The highest BCUT2D eigenvalue weighted by Gasteiger charge is 2.18. The molecule has 0 aromatic heterocycles. The number of hydrogen-bond donors (Lipinski definition) is 1. The first kappa shape index (κ1) is 18.0. The summed E-state index contributed by atoms with van der Waals surface area (Å²) in [4.78, 5) is 19.9. The fraction of sp³-hybridized carbons (Fsp3) is 0.529. The molecule has 24 heavy (non-hydrogen) atoms. The smallest absolute Gasteiger partial charge is 0.307 e. The predicted octanol–water partition coefficient (Wildman–Crippen LogP) is 1.60. The van der Waals surface area contributed by atoms with Crippen LogP contribution in [0.15, 0.2) is 29.3 Å². The lowest BCUT2D eigenvalue weighted by Crippen LogP contribution is -2.51. The molecule has 1 saturated heterocycles. The number of rotatable bonds is 5. The Morgan fingerprint density at radius 2 is 1.88 bits per heavy atom. The molecule has 0 atom stereocenters. The molecular weight excluding hydrogens is 311 g/mol. The number of aliphatic imine (C=N–C) groups is 1. The first-order valence-corrected chi connectivity index (χ1v) is 8.20. The van der Waals surface area contributed by atoms with E-state index < -0.39 is 0 Å². The van der Waals surface area contributed by atoms with Gasteiger partial charge in [0.05, 0.1) is 19.1 Å². The van der Waals surface area contributed by atoms with Crippen LogP contribution in [0, 0.1) is 5.82 Å². The Kier molecular flexibility index (Phi) is 6.40. The molecule has 1 fully saturated rings. The summed E-state index contributed by atoms with van der Waals surface area (Å²) in [6.45, 7) is 7.02. The molecule has 6 nitrogen and oxygen atoms in total. The van der Waals surface area contributed by atoms with Gasteiger partial charge in [0.2, 0.25) is 0 Å². The van der Waals surface area contributed by atoms with E-state index in [0.29, 0.717) is 12.5 Å². The first-order valence-electron chi connectivity index (χ1n) is 8.20. The predicted molar refractivity (Wildman–Crippen MR) is 92.5 cm³/mol. The fourth-order valence-corrected chi connectivity index (χ4v) is 2.53. The molecule has 0 bridgehead atoms. The van der Waals surface area contributed by atoms with Gasteiger partial charge in [0.1, 0.15) is 5.82 Å². The number of benzene rings is 1. The number of halogens is 1. The Hall–Kier alpha value is -2.31. The Morgan fingerprint density at radius 1 is 1.25 bits per heavy atom. The Labute approximate surface area is 142 Å². The van der Waals surface area contributed by atoms with Crippen molar-refractivity contribution in [2.45, 2.75) is 26.4 Å². The molecule has 1 aromatic rings. The van der Waals surface area contributed by atoms with Crippen LogP contribution in [0.25, 0.3) is 0 Å².